The summed E-state index contributed by atoms with van der Waals surface area (Å²) in [6.45, 7) is 0. The lowest BCUT2D eigenvalue weighted by Gasteiger charge is -1.94. The van der Waals surface area contributed by atoms with Crippen LogP contribution in [0.25, 0.3) is 0 Å². The molecule has 1 rings (SSSR count). The molecule has 0 radical (unpaired) electrons. The average Bonchev–Trinajstić information content (AvgIpc) is 1.88. The molecule has 0 aliphatic carbocycles. The van der Waals surface area contributed by atoms with Crippen molar-refractivity contribution in [3.05, 3.63) is 33.6 Å². The van der Waals surface area contributed by atoms with Crippen LogP contribution in [0, 0.1) is 5.21 Å². The van der Waals surface area contributed by atoms with Crippen molar-refractivity contribution in [3.63, 3.8) is 0 Å². The molecule has 10 heavy (non-hydrogen) atoms. The predicted molar refractivity (Wildman–Crippen MR) is 31.4 cm³/mol. The first-order chi connectivity index (χ1) is 4.74. The molecule has 0 amide bonds. The molecule has 1 heterocycles. The van der Waals surface area contributed by atoms with Crippen molar-refractivity contribution < 1.29 is 9.52 Å². The second-order valence-electron chi connectivity index (χ2n) is 1.65. The van der Waals surface area contributed by atoms with E-state index in [-0.39, 0.29) is 10.4 Å². The number of hydrogen-bond acceptors (Lipinski definition) is 3. The largest absolute Gasteiger partial charge is 0.618 e. The van der Waals surface area contributed by atoms with Gasteiger partial charge in [0.15, 0.2) is 0 Å². The first-order valence-electron chi connectivity index (χ1n) is 2.51. The van der Waals surface area contributed by atoms with Crippen LogP contribution in [0.1, 0.15) is 10.5 Å². The Balaban J connectivity index is 3.32. The minimum atomic E-state index is -0.527. The highest BCUT2D eigenvalue weighted by Crippen LogP contribution is 1.74. The van der Waals surface area contributed by atoms with Gasteiger partial charge in [-0.15, -0.1) is 0 Å². The highest BCUT2D eigenvalue weighted by atomic mass is 16.5. The van der Waals surface area contributed by atoms with Gasteiger partial charge in [-0.1, -0.05) is 0 Å². The summed E-state index contributed by atoms with van der Waals surface area (Å²) in [5, 5.41) is 10.5. The number of hydrogen-bond donors (Lipinski definition) is 1. The van der Waals surface area contributed by atoms with Crippen molar-refractivity contribution in [1.82, 2.24) is 4.98 Å². The normalized spacial score (nSPS) is 9.20. The van der Waals surface area contributed by atoms with E-state index >= 15 is 0 Å². The van der Waals surface area contributed by atoms with E-state index in [0.717, 1.165) is 12.4 Å². The number of aromatic amines is 1. The molecule has 0 unspecified atom stereocenters. The van der Waals surface area contributed by atoms with E-state index in [2.05, 4.69) is 4.98 Å². The van der Waals surface area contributed by atoms with E-state index in [4.69, 9.17) is 0 Å². The fourth-order valence-electron chi connectivity index (χ4n) is 0.513. The molecule has 0 spiro atoms. The van der Waals surface area contributed by atoms with E-state index in [1.165, 1.54) is 0 Å². The number of carbonyl (C=O) groups is 1. The van der Waals surface area contributed by atoms with E-state index in [1.54, 1.807) is 0 Å². The number of nitrogens with zero attached hydrogens (tertiary/aromatic N) is 1. The van der Waals surface area contributed by atoms with Gasteiger partial charge in [-0.25, -0.2) is 0 Å². The van der Waals surface area contributed by atoms with Gasteiger partial charge in [0.05, 0.1) is 6.20 Å². The number of nitrogens with one attached hydrogen (secondary N) is 1. The highest BCUT2D eigenvalue weighted by Gasteiger charge is 2.01. The Labute approximate surface area is 55.5 Å². The Kier molecular flexibility index (Phi) is 1.49. The number of aldehydes is 1. The van der Waals surface area contributed by atoms with Crippen LogP contribution in [0.4, 0.5) is 0 Å². The molecule has 0 saturated carbocycles. The van der Waals surface area contributed by atoms with Crippen LogP contribution in [0.15, 0.2) is 17.2 Å². The van der Waals surface area contributed by atoms with Crippen LogP contribution in [0.5, 0.6) is 0 Å². The molecule has 0 aliphatic heterocycles. The Bertz CT molecular complexity index is 304. The molecule has 0 atom stereocenters. The number of aromatic nitrogens is 2. The second-order valence-corrected chi connectivity index (χ2v) is 1.65. The zero-order valence-electron chi connectivity index (χ0n) is 4.90. The summed E-state index contributed by atoms with van der Waals surface area (Å²) in [7, 11) is 0. The van der Waals surface area contributed by atoms with Crippen molar-refractivity contribution in [2.75, 3.05) is 0 Å². The summed E-state index contributed by atoms with van der Waals surface area (Å²) >= 11 is 0. The Morgan fingerprint density at radius 2 is 2.40 bits per heavy atom. The van der Waals surface area contributed by atoms with Gasteiger partial charge in [0.1, 0.15) is 0 Å². The van der Waals surface area contributed by atoms with Gasteiger partial charge in [-0.3, -0.25) is 9.59 Å². The summed E-state index contributed by atoms with van der Waals surface area (Å²) in [6, 6.07) is 0. The average molecular weight is 140 g/mol. The quantitative estimate of drug-likeness (QED) is 0.303. The summed E-state index contributed by atoms with van der Waals surface area (Å²) in [6.07, 6.45) is 2.18. The summed E-state index contributed by atoms with van der Waals surface area (Å²) < 4.78 is 0.214. The molecule has 0 fully saturated rings. The van der Waals surface area contributed by atoms with Crippen molar-refractivity contribution >= 4 is 6.29 Å². The molecule has 5 heteroatoms. The topological polar surface area (TPSA) is 76.9 Å². The van der Waals surface area contributed by atoms with Crippen LogP contribution in [-0.2, 0) is 0 Å². The molecule has 0 aromatic carbocycles. The van der Waals surface area contributed by atoms with E-state index in [9.17, 15) is 14.8 Å². The van der Waals surface area contributed by atoms with Gasteiger partial charge in [-0.2, -0.15) is 4.73 Å². The van der Waals surface area contributed by atoms with E-state index in [0.29, 0.717) is 6.29 Å². The smallest absolute Gasteiger partial charge is 0.313 e. The van der Waals surface area contributed by atoms with Gasteiger partial charge in [0.25, 0.3) is 5.69 Å². The number of rotatable bonds is 1. The highest BCUT2D eigenvalue weighted by molar-refractivity contribution is 5.68. The fraction of sp³-hybridized carbons (Fsp3) is 0. The molecule has 0 saturated heterocycles. The minimum Gasteiger partial charge on any atom is -0.618 e. The third-order valence-electron chi connectivity index (χ3n) is 0.972. The van der Waals surface area contributed by atoms with Crippen molar-refractivity contribution in [2.24, 2.45) is 0 Å². The van der Waals surface area contributed by atoms with Crippen LogP contribution in [0.3, 0.4) is 0 Å². The molecule has 1 aromatic rings. The van der Waals surface area contributed by atoms with Crippen molar-refractivity contribution in [3.8, 4) is 0 Å². The van der Waals surface area contributed by atoms with Gasteiger partial charge in [-0.05, 0) is 0 Å². The molecular weight excluding hydrogens is 136 g/mol. The Morgan fingerprint density at radius 3 is 2.90 bits per heavy atom. The molecule has 0 aliphatic rings. The minimum absolute atomic E-state index is 0.111. The molecule has 5 nitrogen and oxygen atoms in total. The maximum atomic E-state index is 10.5. The SMILES string of the molecule is O=Cc1c[nH]c(=O)c[n+]1[O-]. The third kappa shape index (κ3) is 1.02. The number of H-pyrrole nitrogens is 1. The first kappa shape index (κ1) is 6.47. The maximum Gasteiger partial charge on any atom is 0.313 e. The predicted octanol–water partition coefficient (Wildman–Crippen LogP) is -1.18. The van der Waals surface area contributed by atoms with Gasteiger partial charge >= 0.3 is 5.56 Å². The lowest BCUT2D eigenvalue weighted by molar-refractivity contribution is -0.608. The van der Waals surface area contributed by atoms with Crippen LogP contribution >= 0.6 is 0 Å². The van der Waals surface area contributed by atoms with Gasteiger partial charge < -0.3 is 10.2 Å². The standard InChI is InChI=1S/C5H4N2O3/c8-3-4-1-6-5(9)2-7(4)10/h1-3H,(H,6,9). The summed E-state index contributed by atoms with van der Waals surface area (Å²) in [4.78, 5) is 22.5. The second kappa shape index (κ2) is 2.30. The third-order valence-corrected chi connectivity index (χ3v) is 0.972. The Hall–Kier alpha value is -1.65. The van der Waals surface area contributed by atoms with Crippen LogP contribution in [0.2, 0.25) is 0 Å². The summed E-state index contributed by atoms with van der Waals surface area (Å²) in [5.74, 6) is 0. The van der Waals surface area contributed by atoms with E-state index in [1.807, 2.05) is 0 Å². The van der Waals surface area contributed by atoms with Gasteiger partial charge in [0, 0.05) is 0 Å². The Morgan fingerprint density at radius 1 is 1.70 bits per heavy atom. The lowest BCUT2D eigenvalue weighted by Crippen LogP contribution is -2.36. The molecule has 52 valence electrons. The lowest BCUT2D eigenvalue weighted by atomic mass is 10.5. The molecule has 1 N–H and O–H groups in total. The van der Waals surface area contributed by atoms with Crippen LogP contribution < -0.4 is 10.3 Å². The molecule has 1 aromatic heterocycles. The first-order valence-corrected chi connectivity index (χ1v) is 2.51. The van der Waals surface area contributed by atoms with Crippen molar-refractivity contribution in [1.29, 1.82) is 0 Å². The number of carbonyl (C=O) groups excluding carboxylic acids is 1. The monoisotopic (exact) mass is 140 g/mol. The molecule has 0 bridgehead atoms. The zero-order valence-corrected chi connectivity index (χ0v) is 4.90. The molecular formula is C5H4N2O3. The zero-order chi connectivity index (χ0) is 7.56. The van der Waals surface area contributed by atoms with Crippen molar-refractivity contribution in [2.45, 2.75) is 0 Å². The fourth-order valence-corrected chi connectivity index (χ4v) is 0.513. The van der Waals surface area contributed by atoms with Crippen LogP contribution in [-0.4, -0.2) is 11.3 Å². The summed E-state index contributed by atoms with van der Waals surface area (Å²) in [5.41, 5.74) is -0.639. The van der Waals surface area contributed by atoms with Gasteiger partial charge in [0.2, 0.25) is 12.5 Å². The maximum absolute atomic E-state index is 10.5. The van der Waals surface area contributed by atoms with E-state index < -0.39 is 5.56 Å².